The first kappa shape index (κ1) is 12.2. The molecule has 0 aromatic carbocycles. The Balaban J connectivity index is 1.81. The van der Waals surface area contributed by atoms with Gasteiger partial charge in [-0.15, -0.1) is 0 Å². The highest BCUT2D eigenvalue weighted by atomic mass is 16.5. The molecule has 0 saturated carbocycles. The van der Waals surface area contributed by atoms with Crippen molar-refractivity contribution in [1.82, 2.24) is 10.3 Å². The van der Waals surface area contributed by atoms with Crippen molar-refractivity contribution >= 4 is 0 Å². The van der Waals surface area contributed by atoms with Gasteiger partial charge < -0.3 is 14.5 Å². The van der Waals surface area contributed by atoms with Gasteiger partial charge in [-0.1, -0.05) is 13.3 Å². The molecule has 0 bridgehead atoms. The van der Waals surface area contributed by atoms with Gasteiger partial charge in [0.25, 0.3) is 0 Å². The quantitative estimate of drug-likeness (QED) is 0.636. The summed E-state index contributed by atoms with van der Waals surface area (Å²) < 4.78 is 10.5. The third-order valence-corrected chi connectivity index (χ3v) is 2.07. The standard InChI is InChI=1S/C11H20N2O2/c1-2-3-6-14-7-4-5-12-8-11-9-13-10-15-11/h9-10,12H,2-8H2,1H3. The van der Waals surface area contributed by atoms with Gasteiger partial charge in [0.1, 0.15) is 5.76 Å². The molecule has 1 heterocycles. The van der Waals surface area contributed by atoms with E-state index in [1.165, 1.54) is 12.8 Å². The summed E-state index contributed by atoms with van der Waals surface area (Å²) in [4.78, 5) is 3.84. The highest BCUT2D eigenvalue weighted by Gasteiger charge is 1.94. The minimum absolute atomic E-state index is 0.745. The van der Waals surface area contributed by atoms with E-state index in [-0.39, 0.29) is 0 Å². The molecule has 1 aromatic heterocycles. The van der Waals surface area contributed by atoms with E-state index in [1.54, 1.807) is 6.20 Å². The third-order valence-electron chi connectivity index (χ3n) is 2.07. The number of ether oxygens (including phenoxy) is 1. The van der Waals surface area contributed by atoms with Gasteiger partial charge in [0, 0.05) is 13.2 Å². The Morgan fingerprint density at radius 3 is 3.00 bits per heavy atom. The second-order valence-corrected chi connectivity index (χ2v) is 3.46. The van der Waals surface area contributed by atoms with Gasteiger partial charge in [-0.2, -0.15) is 0 Å². The summed E-state index contributed by atoms with van der Waals surface area (Å²) in [5.41, 5.74) is 0. The van der Waals surface area contributed by atoms with Crippen LogP contribution in [0.4, 0.5) is 0 Å². The van der Waals surface area contributed by atoms with Crippen molar-refractivity contribution in [3.05, 3.63) is 18.4 Å². The number of hydrogen-bond donors (Lipinski definition) is 1. The van der Waals surface area contributed by atoms with Crippen LogP contribution < -0.4 is 5.32 Å². The van der Waals surface area contributed by atoms with Crippen molar-refractivity contribution in [2.75, 3.05) is 19.8 Å². The average molecular weight is 212 g/mol. The summed E-state index contributed by atoms with van der Waals surface area (Å²) in [6, 6.07) is 0. The fourth-order valence-electron chi connectivity index (χ4n) is 1.19. The number of nitrogens with one attached hydrogen (secondary N) is 1. The molecule has 0 aliphatic carbocycles. The lowest BCUT2D eigenvalue weighted by Crippen LogP contribution is -2.16. The minimum Gasteiger partial charge on any atom is -0.447 e. The molecule has 4 nitrogen and oxygen atoms in total. The molecular weight excluding hydrogens is 192 g/mol. The molecule has 1 N–H and O–H groups in total. The molecule has 0 radical (unpaired) electrons. The van der Waals surface area contributed by atoms with Gasteiger partial charge in [0.2, 0.25) is 0 Å². The fraction of sp³-hybridized carbons (Fsp3) is 0.727. The van der Waals surface area contributed by atoms with Gasteiger partial charge in [0.05, 0.1) is 12.7 Å². The highest BCUT2D eigenvalue weighted by Crippen LogP contribution is 1.95. The minimum atomic E-state index is 0.745. The van der Waals surface area contributed by atoms with Crippen molar-refractivity contribution in [2.45, 2.75) is 32.7 Å². The number of unbranched alkanes of at least 4 members (excludes halogenated alkanes) is 1. The summed E-state index contributed by atoms with van der Waals surface area (Å²) in [6.07, 6.45) is 6.57. The first-order valence-corrected chi connectivity index (χ1v) is 5.59. The summed E-state index contributed by atoms with van der Waals surface area (Å²) in [5.74, 6) is 0.877. The molecule has 1 aromatic rings. The number of hydrogen-bond acceptors (Lipinski definition) is 4. The lowest BCUT2D eigenvalue weighted by Gasteiger charge is -2.03. The van der Waals surface area contributed by atoms with E-state index in [9.17, 15) is 0 Å². The maximum atomic E-state index is 5.44. The Kier molecular flexibility index (Phi) is 6.86. The molecule has 0 fully saturated rings. The molecule has 1 rings (SSSR count). The van der Waals surface area contributed by atoms with Gasteiger partial charge in [0.15, 0.2) is 6.39 Å². The lowest BCUT2D eigenvalue weighted by atomic mass is 10.3. The molecular formula is C11H20N2O2. The summed E-state index contributed by atoms with van der Waals surface area (Å²) >= 11 is 0. The zero-order chi connectivity index (χ0) is 10.8. The van der Waals surface area contributed by atoms with Crippen LogP contribution in [0, 0.1) is 0 Å². The van der Waals surface area contributed by atoms with Crippen LogP contribution in [0.5, 0.6) is 0 Å². The largest absolute Gasteiger partial charge is 0.447 e. The molecule has 86 valence electrons. The second kappa shape index (κ2) is 8.44. The predicted molar refractivity (Wildman–Crippen MR) is 58.6 cm³/mol. The average Bonchev–Trinajstić information content (AvgIpc) is 2.75. The van der Waals surface area contributed by atoms with Crippen LogP contribution in [0.15, 0.2) is 17.0 Å². The Bertz CT molecular complexity index is 225. The van der Waals surface area contributed by atoms with E-state index in [1.807, 2.05) is 0 Å². The van der Waals surface area contributed by atoms with Crippen molar-refractivity contribution in [1.29, 1.82) is 0 Å². The Hall–Kier alpha value is -0.870. The topological polar surface area (TPSA) is 47.3 Å². The zero-order valence-electron chi connectivity index (χ0n) is 9.37. The maximum Gasteiger partial charge on any atom is 0.180 e. The SMILES string of the molecule is CCCCOCCCNCc1cnco1. The van der Waals surface area contributed by atoms with Gasteiger partial charge in [-0.3, -0.25) is 0 Å². The molecule has 0 amide bonds. The third kappa shape index (κ3) is 6.25. The Labute approximate surface area is 91.0 Å². The van der Waals surface area contributed by atoms with Gasteiger partial charge >= 0.3 is 0 Å². The molecule has 15 heavy (non-hydrogen) atoms. The summed E-state index contributed by atoms with van der Waals surface area (Å²) in [7, 11) is 0. The molecule has 0 aliphatic rings. The van der Waals surface area contributed by atoms with Crippen LogP contribution in [0.2, 0.25) is 0 Å². The second-order valence-electron chi connectivity index (χ2n) is 3.46. The predicted octanol–water partition coefficient (Wildman–Crippen LogP) is 1.97. The fourth-order valence-corrected chi connectivity index (χ4v) is 1.19. The van der Waals surface area contributed by atoms with Crippen LogP contribution in [0.1, 0.15) is 31.9 Å². The van der Waals surface area contributed by atoms with Crippen molar-refractivity contribution in [3.63, 3.8) is 0 Å². The molecule has 0 atom stereocenters. The first-order chi connectivity index (χ1) is 7.43. The van der Waals surface area contributed by atoms with Crippen LogP contribution in [0.25, 0.3) is 0 Å². The zero-order valence-corrected chi connectivity index (χ0v) is 9.37. The summed E-state index contributed by atoms with van der Waals surface area (Å²) in [6.45, 7) is 5.59. The van der Waals surface area contributed by atoms with Crippen LogP contribution in [-0.2, 0) is 11.3 Å². The normalized spacial score (nSPS) is 10.7. The monoisotopic (exact) mass is 212 g/mol. The van der Waals surface area contributed by atoms with Crippen LogP contribution in [-0.4, -0.2) is 24.7 Å². The molecule has 4 heteroatoms. The lowest BCUT2D eigenvalue weighted by molar-refractivity contribution is 0.128. The maximum absolute atomic E-state index is 5.44. The number of nitrogens with zero attached hydrogens (tertiary/aromatic N) is 1. The molecule has 0 unspecified atom stereocenters. The van der Waals surface area contributed by atoms with E-state index in [0.29, 0.717) is 0 Å². The van der Waals surface area contributed by atoms with Gasteiger partial charge in [-0.05, 0) is 19.4 Å². The van der Waals surface area contributed by atoms with Crippen LogP contribution in [0.3, 0.4) is 0 Å². The Morgan fingerprint density at radius 1 is 1.40 bits per heavy atom. The molecule has 0 spiro atoms. The van der Waals surface area contributed by atoms with E-state index < -0.39 is 0 Å². The van der Waals surface area contributed by atoms with Crippen molar-refractivity contribution in [2.24, 2.45) is 0 Å². The molecule has 0 saturated heterocycles. The van der Waals surface area contributed by atoms with Crippen molar-refractivity contribution < 1.29 is 9.15 Å². The smallest absolute Gasteiger partial charge is 0.180 e. The van der Waals surface area contributed by atoms with E-state index in [2.05, 4.69) is 17.2 Å². The van der Waals surface area contributed by atoms with Crippen LogP contribution >= 0.6 is 0 Å². The number of rotatable bonds is 9. The van der Waals surface area contributed by atoms with E-state index in [0.717, 1.165) is 44.9 Å². The van der Waals surface area contributed by atoms with E-state index >= 15 is 0 Å². The number of aromatic nitrogens is 1. The van der Waals surface area contributed by atoms with Crippen molar-refractivity contribution in [3.8, 4) is 0 Å². The number of oxazole rings is 1. The first-order valence-electron chi connectivity index (χ1n) is 5.59. The van der Waals surface area contributed by atoms with Gasteiger partial charge in [-0.25, -0.2) is 4.98 Å². The molecule has 0 aliphatic heterocycles. The highest BCUT2D eigenvalue weighted by molar-refractivity contribution is 4.86. The Morgan fingerprint density at radius 2 is 2.27 bits per heavy atom. The summed E-state index contributed by atoms with van der Waals surface area (Å²) in [5, 5.41) is 3.26. The van der Waals surface area contributed by atoms with E-state index in [4.69, 9.17) is 9.15 Å².